The zero-order chi connectivity index (χ0) is 10.8. The maximum absolute atomic E-state index is 10.5. The molecule has 6 nitrogen and oxygen atoms in total. The van der Waals surface area contributed by atoms with Gasteiger partial charge in [0.2, 0.25) is 5.78 Å². The van der Waals surface area contributed by atoms with Gasteiger partial charge >= 0.3 is 5.97 Å². The molecule has 1 unspecified atom stereocenters. The summed E-state index contributed by atoms with van der Waals surface area (Å²) in [5.41, 5.74) is 6.21. The van der Waals surface area contributed by atoms with Gasteiger partial charge in [0.15, 0.2) is 0 Å². The third-order valence-electron chi connectivity index (χ3n) is 2.06. The largest absolute Gasteiger partial charge is 0.481 e. The van der Waals surface area contributed by atoms with Crippen LogP contribution in [0, 0.1) is 0 Å². The van der Waals surface area contributed by atoms with Crippen LogP contribution in [-0.4, -0.2) is 25.4 Å². The van der Waals surface area contributed by atoms with Crippen molar-refractivity contribution in [2.24, 2.45) is 5.73 Å². The molecule has 2 aromatic rings. The van der Waals surface area contributed by atoms with Crippen molar-refractivity contribution in [3.05, 3.63) is 30.4 Å². The highest BCUT2D eigenvalue weighted by molar-refractivity contribution is 5.67. The van der Waals surface area contributed by atoms with Crippen LogP contribution in [0.4, 0.5) is 0 Å². The van der Waals surface area contributed by atoms with Crippen LogP contribution in [0.2, 0.25) is 0 Å². The van der Waals surface area contributed by atoms with Gasteiger partial charge in [0.25, 0.3) is 0 Å². The van der Waals surface area contributed by atoms with Gasteiger partial charge in [-0.25, -0.2) is 9.97 Å². The fourth-order valence-corrected chi connectivity index (χ4v) is 1.32. The first-order chi connectivity index (χ1) is 7.16. The van der Waals surface area contributed by atoms with Crippen LogP contribution in [0.15, 0.2) is 24.7 Å². The second kappa shape index (κ2) is 3.66. The minimum atomic E-state index is -0.937. The lowest BCUT2D eigenvalue weighted by Crippen LogP contribution is -2.16. The van der Waals surface area contributed by atoms with Gasteiger partial charge in [0.05, 0.1) is 18.2 Å². The van der Waals surface area contributed by atoms with Crippen LogP contribution in [-0.2, 0) is 4.79 Å². The van der Waals surface area contributed by atoms with Crippen molar-refractivity contribution in [3.63, 3.8) is 0 Å². The fourth-order valence-electron chi connectivity index (χ4n) is 1.32. The van der Waals surface area contributed by atoms with E-state index >= 15 is 0 Å². The van der Waals surface area contributed by atoms with E-state index in [1.165, 1.54) is 0 Å². The molecule has 78 valence electrons. The highest BCUT2D eigenvalue weighted by Crippen LogP contribution is 2.11. The molecule has 0 saturated heterocycles. The van der Waals surface area contributed by atoms with Gasteiger partial charge in [0.1, 0.15) is 0 Å². The van der Waals surface area contributed by atoms with Gasteiger partial charge in [0, 0.05) is 18.6 Å². The Hall–Kier alpha value is -1.95. The summed E-state index contributed by atoms with van der Waals surface area (Å²) in [6.45, 7) is 0. The van der Waals surface area contributed by atoms with E-state index in [9.17, 15) is 4.79 Å². The van der Waals surface area contributed by atoms with E-state index < -0.39 is 12.0 Å². The number of rotatable bonds is 3. The number of aliphatic carboxylic acids is 1. The van der Waals surface area contributed by atoms with Crippen LogP contribution in [0.25, 0.3) is 5.78 Å². The molecule has 0 aliphatic carbocycles. The molecule has 0 amide bonds. The molecule has 2 aromatic heterocycles. The maximum atomic E-state index is 10.5. The van der Waals surface area contributed by atoms with E-state index in [-0.39, 0.29) is 6.42 Å². The molecule has 0 fully saturated rings. The summed E-state index contributed by atoms with van der Waals surface area (Å²) in [5.74, 6) is -0.416. The van der Waals surface area contributed by atoms with Crippen LogP contribution in [0.1, 0.15) is 18.2 Å². The molecule has 2 rings (SSSR count). The first kappa shape index (κ1) is 9.60. The SMILES string of the molecule is NC(CC(=O)O)c1ccn2ccnc2n1. The van der Waals surface area contributed by atoms with Crippen molar-refractivity contribution in [3.8, 4) is 0 Å². The molecule has 0 aliphatic rings. The third kappa shape index (κ3) is 1.94. The Morgan fingerprint density at radius 3 is 3.13 bits per heavy atom. The van der Waals surface area contributed by atoms with Gasteiger partial charge < -0.3 is 10.8 Å². The van der Waals surface area contributed by atoms with Crippen LogP contribution in [0.3, 0.4) is 0 Å². The molecule has 2 heterocycles. The van der Waals surface area contributed by atoms with Gasteiger partial charge in [-0.3, -0.25) is 9.20 Å². The lowest BCUT2D eigenvalue weighted by molar-refractivity contribution is -0.137. The summed E-state index contributed by atoms with van der Waals surface area (Å²) in [4.78, 5) is 18.6. The molecule has 0 radical (unpaired) electrons. The molecule has 6 heteroatoms. The quantitative estimate of drug-likeness (QED) is 0.748. The molecular weight excluding hydrogens is 196 g/mol. The lowest BCUT2D eigenvalue weighted by Gasteiger charge is -2.07. The first-order valence-corrected chi connectivity index (χ1v) is 4.44. The van der Waals surface area contributed by atoms with E-state index in [0.29, 0.717) is 11.5 Å². The summed E-state index contributed by atoms with van der Waals surface area (Å²) in [6, 6.07) is 1.10. The summed E-state index contributed by atoms with van der Waals surface area (Å²) in [5, 5.41) is 8.59. The smallest absolute Gasteiger partial charge is 0.305 e. The molecule has 0 spiro atoms. The summed E-state index contributed by atoms with van der Waals surface area (Å²) in [6.07, 6.45) is 5.00. The number of carboxylic acid groups (broad SMARTS) is 1. The van der Waals surface area contributed by atoms with Crippen molar-refractivity contribution in [2.45, 2.75) is 12.5 Å². The van der Waals surface area contributed by atoms with Crippen molar-refractivity contribution in [1.29, 1.82) is 0 Å². The molecule has 3 N–H and O–H groups in total. The Morgan fingerprint density at radius 1 is 1.60 bits per heavy atom. The van der Waals surface area contributed by atoms with E-state index in [0.717, 1.165) is 0 Å². The van der Waals surface area contributed by atoms with E-state index in [2.05, 4.69) is 9.97 Å². The predicted molar refractivity (Wildman–Crippen MR) is 52.2 cm³/mol. The van der Waals surface area contributed by atoms with Crippen LogP contribution < -0.4 is 5.73 Å². The number of nitrogens with zero attached hydrogens (tertiary/aromatic N) is 3. The third-order valence-corrected chi connectivity index (χ3v) is 2.06. The second-order valence-electron chi connectivity index (χ2n) is 3.19. The second-order valence-corrected chi connectivity index (χ2v) is 3.19. The van der Waals surface area contributed by atoms with Crippen molar-refractivity contribution < 1.29 is 9.90 Å². The number of aromatic nitrogens is 3. The van der Waals surface area contributed by atoms with Crippen LogP contribution in [0.5, 0.6) is 0 Å². The minimum Gasteiger partial charge on any atom is -0.481 e. The highest BCUT2D eigenvalue weighted by Gasteiger charge is 2.12. The fraction of sp³-hybridized carbons (Fsp3) is 0.222. The van der Waals surface area contributed by atoms with E-state index in [1.54, 1.807) is 29.1 Å². The summed E-state index contributed by atoms with van der Waals surface area (Å²) in [7, 11) is 0. The Labute approximate surface area is 85.4 Å². The first-order valence-electron chi connectivity index (χ1n) is 4.44. The Balaban J connectivity index is 2.30. The predicted octanol–water partition coefficient (Wildman–Crippen LogP) is 0.204. The van der Waals surface area contributed by atoms with Gasteiger partial charge in [-0.1, -0.05) is 0 Å². The number of hydrogen-bond acceptors (Lipinski definition) is 4. The molecule has 0 saturated carbocycles. The number of fused-ring (bicyclic) bond motifs is 1. The normalized spacial score (nSPS) is 12.9. The van der Waals surface area contributed by atoms with Crippen molar-refractivity contribution >= 4 is 11.7 Å². The van der Waals surface area contributed by atoms with Crippen LogP contribution >= 0.6 is 0 Å². The number of carboxylic acids is 1. The Morgan fingerprint density at radius 2 is 2.40 bits per heavy atom. The monoisotopic (exact) mass is 206 g/mol. The number of imidazole rings is 1. The average molecular weight is 206 g/mol. The summed E-state index contributed by atoms with van der Waals surface area (Å²) < 4.78 is 1.73. The molecular formula is C9H10N4O2. The number of hydrogen-bond donors (Lipinski definition) is 2. The van der Waals surface area contributed by atoms with Crippen molar-refractivity contribution in [1.82, 2.24) is 14.4 Å². The topological polar surface area (TPSA) is 93.5 Å². The van der Waals surface area contributed by atoms with Gasteiger partial charge in [-0.15, -0.1) is 0 Å². The number of carbonyl (C=O) groups is 1. The van der Waals surface area contributed by atoms with Crippen molar-refractivity contribution in [2.75, 3.05) is 0 Å². The summed E-state index contributed by atoms with van der Waals surface area (Å²) >= 11 is 0. The Bertz CT molecular complexity index is 494. The number of nitrogens with two attached hydrogens (primary N) is 1. The zero-order valence-corrected chi connectivity index (χ0v) is 7.87. The molecule has 0 aliphatic heterocycles. The van der Waals surface area contributed by atoms with E-state index in [4.69, 9.17) is 10.8 Å². The van der Waals surface area contributed by atoms with E-state index in [1.807, 2.05) is 0 Å². The molecule has 15 heavy (non-hydrogen) atoms. The Kier molecular flexibility index (Phi) is 2.34. The average Bonchev–Trinajstić information content (AvgIpc) is 2.62. The maximum Gasteiger partial charge on any atom is 0.305 e. The van der Waals surface area contributed by atoms with Gasteiger partial charge in [-0.2, -0.15) is 0 Å². The highest BCUT2D eigenvalue weighted by atomic mass is 16.4. The molecule has 0 aromatic carbocycles. The zero-order valence-electron chi connectivity index (χ0n) is 7.87. The standard InChI is InChI=1S/C9H10N4O2/c10-6(5-8(14)15)7-1-3-13-4-2-11-9(13)12-7/h1-4,6H,5,10H2,(H,14,15). The molecule has 0 bridgehead atoms. The molecule has 1 atom stereocenters. The lowest BCUT2D eigenvalue weighted by atomic mass is 10.1. The minimum absolute atomic E-state index is 0.135. The van der Waals surface area contributed by atoms with Gasteiger partial charge in [-0.05, 0) is 6.07 Å².